The lowest BCUT2D eigenvalue weighted by Gasteiger charge is -2.25. The number of rotatable bonds is 10. The SMILES string of the molecule is Clc1c(Oc2cccc(Oc3cccc(N(c4ccccc4)c4ccncn4)c3Cl)c2)cccc1N(c1ccccc1)c1ccncn1. The highest BCUT2D eigenvalue weighted by Gasteiger charge is 2.21. The molecule has 234 valence electrons. The molecule has 10 heteroatoms. The van der Waals surface area contributed by atoms with Crippen molar-refractivity contribution < 1.29 is 9.47 Å². The molecule has 0 aliphatic heterocycles. The average molecular weight is 670 g/mol. The molecule has 0 spiro atoms. The van der Waals surface area contributed by atoms with E-state index >= 15 is 0 Å². The standard InChI is InChI=1S/C38H26Cl2N6O2/c39-37-31(45(27-10-3-1-4-11-27)35-20-22-41-25-43-35)16-8-18-33(37)47-29-14-7-15-30(24-29)48-34-19-9-17-32(38(34)40)46(28-12-5-2-6-13-28)36-21-23-42-26-44-36/h1-26H. The third-order valence-corrected chi connectivity index (χ3v) is 8.01. The first-order valence-electron chi connectivity index (χ1n) is 14.9. The summed E-state index contributed by atoms with van der Waals surface area (Å²) in [5.74, 6) is 3.30. The van der Waals surface area contributed by atoms with Gasteiger partial charge in [-0.2, -0.15) is 0 Å². The minimum Gasteiger partial charge on any atom is -0.456 e. The van der Waals surface area contributed by atoms with Crippen LogP contribution in [0.25, 0.3) is 0 Å². The Morgan fingerprint density at radius 1 is 0.458 bits per heavy atom. The largest absolute Gasteiger partial charge is 0.456 e. The molecule has 0 atom stereocenters. The minimum absolute atomic E-state index is 0.410. The normalized spacial score (nSPS) is 10.7. The Bertz CT molecular complexity index is 1900. The van der Waals surface area contributed by atoms with Crippen LogP contribution in [0, 0.1) is 0 Å². The van der Waals surface area contributed by atoms with Crippen LogP contribution in [0.15, 0.2) is 159 Å². The van der Waals surface area contributed by atoms with Gasteiger partial charge in [0.1, 0.15) is 57.3 Å². The summed E-state index contributed by atoms with van der Waals surface area (Å²) in [4.78, 5) is 21.0. The highest BCUT2D eigenvalue weighted by Crippen LogP contribution is 2.45. The van der Waals surface area contributed by atoms with Crippen molar-refractivity contribution in [3.63, 3.8) is 0 Å². The number of benzene rings is 5. The lowest BCUT2D eigenvalue weighted by atomic mass is 10.2. The topological polar surface area (TPSA) is 76.5 Å². The van der Waals surface area contributed by atoms with Gasteiger partial charge in [0.05, 0.1) is 11.4 Å². The van der Waals surface area contributed by atoms with Gasteiger partial charge in [-0.05, 0) is 72.8 Å². The summed E-state index contributed by atoms with van der Waals surface area (Å²) < 4.78 is 12.7. The highest BCUT2D eigenvalue weighted by atomic mass is 35.5. The molecule has 0 saturated heterocycles. The maximum absolute atomic E-state index is 7.02. The van der Waals surface area contributed by atoms with Crippen LogP contribution in [-0.4, -0.2) is 19.9 Å². The summed E-state index contributed by atoms with van der Waals surface area (Å²) in [5, 5.41) is 0.820. The van der Waals surface area contributed by atoms with Crippen LogP contribution in [0.2, 0.25) is 10.0 Å². The molecular weight excluding hydrogens is 643 g/mol. The number of hydrogen-bond acceptors (Lipinski definition) is 8. The van der Waals surface area contributed by atoms with E-state index in [0.717, 1.165) is 11.4 Å². The molecule has 0 aliphatic carbocycles. The van der Waals surface area contributed by atoms with E-state index in [-0.39, 0.29) is 0 Å². The fourth-order valence-corrected chi connectivity index (χ4v) is 5.63. The average Bonchev–Trinajstić information content (AvgIpc) is 3.14. The van der Waals surface area contributed by atoms with Gasteiger partial charge in [0, 0.05) is 29.8 Å². The van der Waals surface area contributed by atoms with Gasteiger partial charge in [0.2, 0.25) is 0 Å². The van der Waals surface area contributed by atoms with E-state index in [1.165, 1.54) is 12.7 Å². The molecule has 7 rings (SSSR count). The summed E-state index contributed by atoms with van der Waals surface area (Å²) in [6, 6.07) is 41.9. The van der Waals surface area contributed by atoms with Crippen LogP contribution in [0.1, 0.15) is 0 Å². The highest BCUT2D eigenvalue weighted by molar-refractivity contribution is 6.35. The first kappa shape index (κ1) is 30.7. The maximum Gasteiger partial charge on any atom is 0.148 e. The Balaban J connectivity index is 1.18. The maximum atomic E-state index is 7.02. The van der Waals surface area contributed by atoms with Gasteiger partial charge in [-0.1, -0.05) is 77.8 Å². The predicted octanol–water partition coefficient (Wildman–Crippen LogP) is 11.1. The van der Waals surface area contributed by atoms with Crippen LogP contribution in [-0.2, 0) is 0 Å². The first-order valence-corrected chi connectivity index (χ1v) is 15.7. The molecule has 0 aliphatic rings. The second-order valence-electron chi connectivity index (χ2n) is 10.3. The molecular formula is C38H26Cl2N6O2. The van der Waals surface area contributed by atoms with Crippen molar-refractivity contribution in [3.05, 3.63) is 169 Å². The zero-order chi connectivity index (χ0) is 32.7. The van der Waals surface area contributed by atoms with Crippen LogP contribution in [0.3, 0.4) is 0 Å². The smallest absolute Gasteiger partial charge is 0.148 e. The lowest BCUT2D eigenvalue weighted by molar-refractivity contribution is 0.460. The van der Waals surface area contributed by atoms with Gasteiger partial charge in [-0.25, -0.2) is 19.9 Å². The molecule has 0 fully saturated rings. The Hall–Kier alpha value is -5.96. The van der Waals surface area contributed by atoms with Crippen molar-refractivity contribution in [1.82, 2.24) is 19.9 Å². The number of halogens is 2. The van der Waals surface area contributed by atoms with E-state index in [4.69, 9.17) is 32.7 Å². The molecule has 8 nitrogen and oxygen atoms in total. The number of nitrogens with zero attached hydrogens (tertiary/aromatic N) is 6. The van der Waals surface area contributed by atoms with Gasteiger partial charge in [-0.3, -0.25) is 9.80 Å². The van der Waals surface area contributed by atoms with Crippen LogP contribution in [0.4, 0.5) is 34.4 Å². The van der Waals surface area contributed by atoms with Gasteiger partial charge < -0.3 is 9.47 Å². The van der Waals surface area contributed by atoms with E-state index in [0.29, 0.717) is 56.1 Å². The second-order valence-corrected chi connectivity index (χ2v) is 11.1. The molecule has 48 heavy (non-hydrogen) atoms. The summed E-state index contributed by atoms with van der Waals surface area (Å²) in [6.45, 7) is 0. The van der Waals surface area contributed by atoms with Gasteiger partial charge in [-0.15, -0.1) is 0 Å². The molecule has 2 heterocycles. The Kier molecular flexibility index (Phi) is 9.08. The van der Waals surface area contributed by atoms with E-state index < -0.39 is 0 Å². The molecule has 0 unspecified atom stereocenters. The fourth-order valence-electron chi connectivity index (χ4n) is 5.13. The lowest BCUT2D eigenvalue weighted by Crippen LogP contribution is -2.12. The summed E-state index contributed by atoms with van der Waals surface area (Å²) in [7, 11) is 0. The number of aromatic nitrogens is 4. The Morgan fingerprint density at radius 3 is 1.31 bits per heavy atom. The summed E-state index contributed by atoms with van der Waals surface area (Å²) >= 11 is 14.0. The first-order chi connectivity index (χ1) is 23.7. The van der Waals surface area contributed by atoms with Crippen LogP contribution < -0.4 is 19.3 Å². The van der Waals surface area contributed by atoms with Gasteiger partial charge >= 0.3 is 0 Å². The number of hydrogen-bond donors (Lipinski definition) is 0. The zero-order valence-corrected chi connectivity index (χ0v) is 26.8. The monoisotopic (exact) mass is 668 g/mol. The molecule has 0 N–H and O–H groups in total. The Labute approximate surface area is 287 Å². The van der Waals surface area contributed by atoms with Crippen molar-refractivity contribution in [2.75, 3.05) is 9.80 Å². The predicted molar refractivity (Wildman–Crippen MR) is 190 cm³/mol. The second kappa shape index (κ2) is 14.2. The van der Waals surface area contributed by atoms with Crippen molar-refractivity contribution >= 4 is 57.6 Å². The quantitative estimate of drug-likeness (QED) is 0.142. The van der Waals surface area contributed by atoms with E-state index in [1.54, 1.807) is 18.5 Å². The number of ether oxygens (including phenoxy) is 2. The van der Waals surface area contributed by atoms with Gasteiger partial charge in [0.15, 0.2) is 0 Å². The van der Waals surface area contributed by atoms with Crippen molar-refractivity contribution in [2.24, 2.45) is 0 Å². The number of para-hydroxylation sites is 2. The number of anilines is 6. The van der Waals surface area contributed by atoms with Crippen molar-refractivity contribution in [1.29, 1.82) is 0 Å². The summed E-state index contributed by atoms with van der Waals surface area (Å²) in [6.07, 6.45) is 6.38. The van der Waals surface area contributed by atoms with Crippen LogP contribution in [0.5, 0.6) is 23.0 Å². The van der Waals surface area contributed by atoms with E-state index in [2.05, 4.69) is 19.9 Å². The zero-order valence-electron chi connectivity index (χ0n) is 25.3. The van der Waals surface area contributed by atoms with E-state index in [1.807, 2.05) is 137 Å². The van der Waals surface area contributed by atoms with Crippen molar-refractivity contribution in [2.45, 2.75) is 0 Å². The molecule has 5 aromatic carbocycles. The molecule has 0 radical (unpaired) electrons. The molecule has 0 saturated carbocycles. The van der Waals surface area contributed by atoms with Gasteiger partial charge in [0.25, 0.3) is 0 Å². The third kappa shape index (κ3) is 6.62. The fraction of sp³-hybridized carbons (Fsp3) is 0. The van der Waals surface area contributed by atoms with Crippen LogP contribution >= 0.6 is 23.2 Å². The van der Waals surface area contributed by atoms with E-state index in [9.17, 15) is 0 Å². The molecule has 0 bridgehead atoms. The molecule has 2 aromatic heterocycles. The third-order valence-electron chi connectivity index (χ3n) is 7.25. The molecule has 7 aromatic rings. The Morgan fingerprint density at radius 2 is 0.896 bits per heavy atom. The summed E-state index contributed by atoms with van der Waals surface area (Å²) in [5.41, 5.74) is 3.16. The van der Waals surface area contributed by atoms with Crippen molar-refractivity contribution in [3.8, 4) is 23.0 Å². The minimum atomic E-state index is 0.410. The molecule has 0 amide bonds.